The molecule has 2 rings (SSSR count). The number of Topliss-reactive ketones (excluding diaryl/α,β-unsaturated/α-hetero) is 1. The van der Waals surface area contributed by atoms with Crippen molar-refractivity contribution >= 4 is 11.9 Å². The number of carbonyl (C=O) groups excluding carboxylic acids is 2. The van der Waals surface area contributed by atoms with E-state index in [9.17, 15) is 9.59 Å². The summed E-state index contributed by atoms with van der Waals surface area (Å²) < 4.78 is 10.6. The zero-order valence-electron chi connectivity index (χ0n) is 15.4. The molecular formula is C17H27N3O4. The van der Waals surface area contributed by atoms with Crippen LogP contribution in [0.15, 0.2) is 4.52 Å². The van der Waals surface area contributed by atoms with E-state index in [2.05, 4.69) is 10.1 Å². The molecule has 7 nitrogen and oxygen atoms in total. The van der Waals surface area contributed by atoms with Crippen LogP contribution in [-0.4, -0.2) is 45.1 Å². The summed E-state index contributed by atoms with van der Waals surface area (Å²) in [5.74, 6) is 0.183. The van der Waals surface area contributed by atoms with Gasteiger partial charge in [0.15, 0.2) is 0 Å². The van der Waals surface area contributed by atoms with E-state index in [-0.39, 0.29) is 17.0 Å². The Bertz CT molecular complexity index is 616. The highest BCUT2D eigenvalue weighted by atomic mass is 16.6. The quantitative estimate of drug-likeness (QED) is 0.783. The van der Waals surface area contributed by atoms with Gasteiger partial charge in [-0.1, -0.05) is 25.9 Å². The first-order valence-electron chi connectivity index (χ1n) is 8.43. The summed E-state index contributed by atoms with van der Waals surface area (Å²) in [6.45, 7) is 11.9. The number of amides is 1. The minimum absolute atomic E-state index is 0.0342. The molecule has 1 aromatic rings. The van der Waals surface area contributed by atoms with Gasteiger partial charge < -0.3 is 9.26 Å². The van der Waals surface area contributed by atoms with Gasteiger partial charge in [0.2, 0.25) is 17.5 Å². The molecule has 1 aliphatic rings. The molecule has 0 saturated carbocycles. The van der Waals surface area contributed by atoms with Crippen molar-refractivity contribution in [2.45, 2.75) is 77.9 Å². The Morgan fingerprint density at radius 3 is 2.54 bits per heavy atom. The number of hydrogen-bond donors (Lipinski definition) is 0. The Balaban J connectivity index is 2.15. The minimum Gasteiger partial charge on any atom is -0.444 e. The van der Waals surface area contributed by atoms with Crippen LogP contribution >= 0.6 is 0 Å². The summed E-state index contributed by atoms with van der Waals surface area (Å²) >= 11 is 0. The van der Waals surface area contributed by atoms with Gasteiger partial charge in [0.1, 0.15) is 11.6 Å². The maximum absolute atomic E-state index is 12.7. The molecule has 0 N–H and O–H groups in total. The van der Waals surface area contributed by atoms with Crippen molar-refractivity contribution in [3.8, 4) is 0 Å². The first-order valence-corrected chi connectivity index (χ1v) is 8.43. The normalized spacial score (nSPS) is 18.8. The van der Waals surface area contributed by atoms with Gasteiger partial charge in [-0.2, -0.15) is 4.98 Å². The summed E-state index contributed by atoms with van der Waals surface area (Å²) in [5.41, 5.74) is -0.885. The van der Waals surface area contributed by atoms with Gasteiger partial charge >= 0.3 is 6.09 Å². The summed E-state index contributed by atoms with van der Waals surface area (Å²) in [6, 6.07) is -0.588. The Labute approximate surface area is 142 Å². The lowest BCUT2D eigenvalue weighted by molar-refractivity contribution is 0.0221. The molecule has 0 radical (unpaired) electrons. The van der Waals surface area contributed by atoms with Crippen LogP contribution < -0.4 is 0 Å². The lowest BCUT2D eigenvalue weighted by Crippen LogP contribution is -2.43. The second-order valence-corrected chi connectivity index (χ2v) is 7.86. The lowest BCUT2D eigenvalue weighted by atomic mass is 9.90. The van der Waals surface area contributed by atoms with Gasteiger partial charge in [0.25, 0.3) is 0 Å². The molecular weight excluding hydrogens is 310 g/mol. The Morgan fingerprint density at radius 2 is 1.96 bits per heavy atom. The molecule has 1 fully saturated rings. The maximum Gasteiger partial charge on any atom is 0.410 e. The fourth-order valence-electron chi connectivity index (χ4n) is 2.48. The highest BCUT2D eigenvalue weighted by Crippen LogP contribution is 2.27. The van der Waals surface area contributed by atoms with E-state index in [4.69, 9.17) is 9.26 Å². The average Bonchev–Trinajstić information content (AvgIpc) is 3.14. The molecule has 1 aliphatic heterocycles. The van der Waals surface area contributed by atoms with Crippen molar-refractivity contribution in [2.24, 2.45) is 0 Å². The van der Waals surface area contributed by atoms with Crippen LogP contribution in [0.2, 0.25) is 0 Å². The van der Waals surface area contributed by atoms with Crippen molar-refractivity contribution in [1.82, 2.24) is 15.0 Å². The van der Waals surface area contributed by atoms with Crippen LogP contribution in [0, 0.1) is 0 Å². The molecule has 0 bridgehead atoms. The molecule has 24 heavy (non-hydrogen) atoms. The van der Waals surface area contributed by atoms with Crippen molar-refractivity contribution in [3.05, 3.63) is 11.7 Å². The number of likely N-dealkylation sites (tertiary alicyclic amines) is 1. The summed E-state index contributed by atoms with van der Waals surface area (Å²) in [7, 11) is 0. The van der Waals surface area contributed by atoms with E-state index in [0.717, 1.165) is 12.8 Å². The van der Waals surface area contributed by atoms with Gasteiger partial charge in [-0.15, -0.1) is 0 Å². The number of aromatic nitrogens is 2. The molecule has 1 atom stereocenters. The van der Waals surface area contributed by atoms with Crippen molar-refractivity contribution < 1.29 is 18.8 Å². The standard InChI is InChI=1S/C17H27N3O4/c1-7-17(5,6)14-18-13(19-24-14)12(21)11-9-8-10-20(11)15(22)23-16(2,3)4/h11H,7-10H2,1-6H3/t11-/m0/s1. The first-order chi connectivity index (χ1) is 11.0. The largest absolute Gasteiger partial charge is 0.444 e. The number of rotatable bonds is 4. The van der Waals surface area contributed by atoms with E-state index in [0.29, 0.717) is 18.9 Å². The monoisotopic (exact) mass is 337 g/mol. The maximum atomic E-state index is 12.7. The van der Waals surface area contributed by atoms with E-state index in [1.54, 1.807) is 20.8 Å². The third kappa shape index (κ3) is 3.94. The van der Waals surface area contributed by atoms with Crippen LogP contribution in [0.5, 0.6) is 0 Å². The van der Waals surface area contributed by atoms with Gasteiger partial charge in [-0.05, 0) is 40.0 Å². The second-order valence-electron chi connectivity index (χ2n) is 7.86. The Hall–Kier alpha value is -1.92. The SMILES string of the molecule is CCC(C)(C)c1nc(C(=O)[C@@H]2CCCN2C(=O)OC(C)(C)C)no1. The van der Waals surface area contributed by atoms with E-state index in [1.807, 2.05) is 20.8 Å². The predicted molar refractivity (Wildman–Crippen MR) is 87.9 cm³/mol. The smallest absolute Gasteiger partial charge is 0.410 e. The summed E-state index contributed by atoms with van der Waals surface area (Å²) in [4.78, 5) is 30.8. The highest BCUT2D eigenvalue weighted by molar-refractivity contribution is 5.98. The van der Waals surface area contributed by atoms with Gasteiger partial charge in [0.05, 0.1) is 0 Å². The molecule has 134 valence electrons. The Kier molecular flexibility index (Phi) is 5.01. The van der Waals surface area contributed by atoms with Gasteiger partial charge in [0, 0.05) is 12.0 Å². The van der Waals surface area contributed by atoms with Crippen LogP contribution in [0.25, 0.3) is 0 Å². The molecule has 0 aromatic carbocycles. The molecule has 0 aliphatic carbocycles. The minimum atomic E-state index is -0.599. The molecule has 0 spiro atoms. The van der Waals surface area contributed by atoms with E-state index < -0.39 is 17.7 Å². The third-order valence-electron chi connectivity index (χ3n) is 4.29. The molecule has 1 aromatic heterocycles. The zero-order valence-corrected chi connectivity index (χ0v) is 15.4. The summed E-state index contributed by atoms with van der Waals surface area (Å²) in [6.07, 6.45) is 1.67. The van der Waals surface area contributed by atoms with Crippen LogP contribution in [0.4, 0.5) is 4.79 Å². The molecule has 0 unspecified atom stereocenters. The first kappa shape index (κ1) is 18.4. The zero-order chi connectivity index (χ0) is 18.1. The summed E-state index contributed by atoms with van der Waals surface area (Å²) in [5, 5.41) is 3.83. The molecule has 2 heterocycles. The second kappa shape index (κ2) is 6.53. The predicted octanol–water partition coefficient (Wildman–Crippen LogP) is 3.34. The number of carbonyl (C=O) groups is 2. The van der Waals surface area contributed by atoms with Crippen LogP contribution in [0.3, 0.4) is 0 Å². The Morgan fingerprint density at radius 1 is 1.29 bits per heavy atom. The van der Waals surface area contributed by atoms with Gasteiger partial charge in [-0.25, -0.2) is 4.79 Å². The molecule has 7 heteroatoms. The topological polar surface area (TPSA) is 85.5 Å². The average molecular weight is 337 g/mol. The van der Waals surface area contributed by atoms with Crippen LogP contribution in [-0.2, 0) is 10.2 Å². The lowest BCUT2D eigenvalue weighted by Gasteiger charge is -2.27. The van der Waals surface area contributed by atoms with Gasteiger partial charge in [-0.3, -0.25) is 9.69 Å². The van der Waals surface area contributed by atoms with Crippen molar-refractivity contribution in [2.75, 3.05) is 6.54 Å². The van der Waals surface area contributed by atoms with Crippen molar-refractivity contribution in [1.29, 1.82) is 0 Å². The van der Waals surface area contributed by atoms with E-state index >= 15 is 0 Å². The van der Waals surface area contributed by atoms with Crippen molar-refractivity contribution in [3.63, 3.8) is 0 Å². The third-order valence-corrected chi connectivity index (χ3v) is 4.29. The number of hydrogen-bond acceptors (Lipinski definition) is 6. The van der Waals surface area contributed by atoms with E-state index in [1.165, 1.54) is 4.90 Å². The fourth-order valence-corrected chi connectivity index (χ4v) is 2.48. The fraction of sp³-hybridized carbons (Fsp3) is 0.765. The number of ether oxygens (including phenoxy) is 1. The molecule has 1 amide bonds. The van der Waals surface area contributed by atoms with Crippen LogP contribution in [0.1, 0.15) is 77.3 Å². The number of nitrogens with zero attached hydrogens (tertiary/aromatic N) is 3. The number of ketones is 1. The highest BCUT2D eigenvalue weighted by Gasteiger charge is 2.39. The molecule has 1 saturated heterocycles.